The molecule has 3 aromatic rings. The van der Waals surface area contributed by atoms with Gasteiger partial charge in [0.15, 0.2) is 11.5 Å². The van der Waals surface area contributed by atoms with Crippen molar-refractivity contribution in [1.82, 2.24) is 15.2 Å². The van der Waals surface area contributed by atoms with Gasteiger partial charge < -0.3 is 24.4 Å². The Hall–Kier alpha value is -4.07. The number of likely N-dealkylation sites (tertiary alicyclic amines) is 1. The molecular formula is C27H29N3O5. The quantitative estimate of drug-likeness (QED) is 0.538. The molecule has 0 unspecified atom stereocenters. The molecule has 1 aliphatic heterocycles. The summed E-state index contributed by atoms with van der Waals surface area (Å²) >= 11 is 0. The third-order valence-electron chi connectivity index (χ3n) is 6.26. The summed E-state index contributed by atoms with van der Waals surface area (Å²) in [5.41, 5.74) is 2.10. The maximum absolute atomic E-state index is 13.4. The Morgan fingerprint density at radius 1 is 0.971 bits per heavy atom. The molecule has 0 spiro atoms. The van der Waals surface area contributed by atoms with Crippen molar-refractivity contribution in [2.24, 2.45) is 5.92 Å². The first-order valence-electron chi connectivity index (χ1n) is 11.4. The fourth-order valence-electron chi connectivity index (χ4n) is 4.50. The van der Waals surface area contributed by atoms with Gasteiger partial charge in [-0.05, 0) is 36.4 Å². The van der Waals surface area contributed by atoms with E-state index in [-0.39, 0.29) is 24.3 Å². The van der Waals surface area contributed by atoms with Gasteiger partial charge in [0.25, 0.3) is 5.91 Å². The minimum absolute atomic E-state index is 0.147. The summed E-state index contributed by atoms with van der Waals surface area (Å²) in [6.45, 7) is 0.943. The van der Waals surface area contributed by atoms with Gasteiger partial charge in [-0.3, -0.25) is 14.6 Å². The summed E-state index contributed by atoms with van der Waals surface area (Å²) in [7, 11) is 4.71. The predicted octanol–water partition coefficient (Wildman–Crippen LogP) is 3.28. The second-order valence-corrected chi connectivity index (χ2v) is 8.28. The van der Waals surface area contributed by atoms with Crippen LogP contribution in [0.3, 0.4) is 0 Å². The number of ether oxygens (including phenoxy) is 3. The van der Waals surface area contributed by atoms with Crippen molar-refractivity contribution in [3.63, 3.8) is 0 Å². The number of hydrogen-bond donors (Lipinski definition) is 1. The number of carbonyl (C=O) groups excluding carboxylic acids is 2. The SMILES string of the molecule is COc1cccc(C(=O)N2C[C@H](c3cccc(OC)c3OC)[C@H](C(=O)NCc3ccccn3)C2)c1. The lowest BCUT2D eigenvalue weighted by atomic mass is 9.87. The van der Waals surface area contributed by atoms with E-state index >= 15 is 0 Å². The Morgan fingerprint density at radius 2 is 1.80 bits per heavy atom. The fourth-order valence-corrected chi connectivity index (χ4v) is 4.50. The maximum atomic E-state index is 13.4. The Labute approximate surface area is 204 Å². The minimum Gasteiger partial charge on any atom is -0.497 e. The zero-order chi connectivity index (χ0) is 24.8. The molecule has 2 amide bonds. The molecular weight excluding hydrogens is 446 g/mol. The van der Waals surface area contributed by atoms with E-state index in [0.717, 1.165) is 11.3 Å². The number of amides is 2. The Balaban J connectivity index is 1.63. The van der Waals surface area contributed by atoms with Crippen LogP contribution < -0.4 is 19.5 Å². The van der Waals surface area contributed by atoms with Crippen LogP contribution in [0.15, 0.2) is 66.9 Å². The molecule has 0 radical (unpaired) electrons. The zero-order valence-corrected chi connectivity index (χ0v) is 20.1. The average Bonchev–Trinajstić information content (AvgIpc) is 3.36. The zero-order valence-electron chi connectivity index (χ0n) is 20.1. The standard InChI is InChI=1S/C27H29N3O5/c1-33-20-10-6-8-18(14-20)27(32)30-16-22(21-11-7-12-24(34-2)25(21)35-3)23(17-30)26(31)29-15-19-9-4-5-13-28-19/h4-14,22-23H,15-17H2,1-3H3,(H,29,31)/t22-,23-/m1/s1. The highest BCUT2D eigenvalue weighted by Crippen LogP contribution is 2.42. The molecule has 0 aliphatic carbocycles. The molecule has 4 rings (SSSR count). The first-order chi connectivity index (χ1) is 17.0. The summed E-state index contributed by atoms with van der Waals surface area (Å²) in [6, 6.07) is 18.2. The minimum atomic E-state index is -0.478. The molecule has 8 heteroatoms. The number of pyridine rings is 1. The number of carbonyl (C=O) groups is 2. The number of hydrogen-bond acceptors (Lipinski definition) is 6. The van der Waals surface area contributed by atoms with E-state index in [4.69, 9.17) is 14.2 Å². The molecule has 182 valence electrons. The van der Waals surface area contributed by atoms with Gasteiger partial charge in [-0.2, -0.15) is 0 Å². The van der Waals surface area contributed by atoms with Crippen molar-refractivity contribution in [3.8, 4) is 17.2 Å². The maximum Gasteiger partial charge on any atom is 0.254 e. The first-order valence-corrected chi connectivity index (χ1v) is 11.4. The van der Waals surface area contributed by atoms with Gasteiger partial charge in [0.1, 0.15) is 5.75 Å². The van der Waals surface area contributed by atoms with Crippen LogP contribution in [-0.4, -0.2) is 56.1 Å². The average molecular weight is 476 g/mol. The number of nitrogens with zero attached hydrogens (tertiary/aromatic N) is 2. The van der Waals surface area contributed by atoms with Gasteiger partial charge in [-0.25, -0.2) is 0 Å². The first kappa shape index (κ1) is 24.1. The van der Waals surface area contributed by atoms with E-state index in [1.165, 1.54) is 0 Å². The van der Waals surface area contributed by atoms with Crippen molar-refractivity contribution < 1.29 is 23.8 Å². The molecule has 0 bridgehead atoms. The van der Waals surface area contributed by atoms with Crippen LogP contribution in [0.4, 0.5) is 0 Å². The van der Waals surface area contributed by atoms with Gasteiger partial charge in [0, 0.05) is 36.3 Å². The van der Waals surface area contributed by atoms with Crippen LogP contribution in [0.25, 0.3) is 0 Å². The van der Waals surface area contributed by atoms with Crippen LogP contribution in [0, 0.1) is 5.92 Å². The molecule has 1 aliphatic rings. The van der Waals surface area contributed by atoms with Crippen molar-refractivity contribution in [3.05, 3.63) is 83.7 Å². The van der Waals surface area contributed by atoms with Crippen LogP contribution >= 0.6 is 0 Å². The van der Waals surface area contributed by atoms with Crippen LogP contribution in [-0.2, 0) is 11.3 Å². The van der Waals surface area contributed by atoms with Gasteiger partial charge >= 0.3 is 0 Å². The van der Waals surface area contributed by atoms with Gasteiger partial charge in [0.2, 0.25) is 5.91 Å². The van der Waals surface area contributed by atoms with E-state index in [0.29, 0.717) is 35.9 Å². The van der Waals surface area contributed by atoms with E-state index in [2.05, 4.69) is 10.3 Å². The second kappa shape index (κ2) is 10.9. The second-order valence-electron chi connectivity index (χ2n) is 8.28. The fraction of sp³-hybridized carbons (Fsp3) is 0.296. The number of rotatable bonds is 8. The van der Waals surface area contributed by atoms with Crippen molar-refractivity contribution in [1.29, 1.82) is 0 Å². The van der Waals surface area contributed by atoms with E-state index in [9.17, 15) is 9.59 Å². The predicted molar refractivity (Wildman–Crippen MR) is 131 cm³/mol. The monoisotopic (exact) mass is 475 g/mol. The molecule has 35 heavy (non-hydrogen) atoms. The third kappa shape index (κ3) is 5.21. The van der Waals surface area contributed by atoms with Crippen molar-refractivity contribution >= 4 is 11.8 Å². The molecule has 1 aromatic heterocycles. The van der Waals surface area contributed by atoms with Crippen molar-refractivity contribution in [2.45, 2.75) is 12.5 Å². The normalized spacial score (nSPS) is 17.1. The highest BCUT2D eigenvalue weighted by atomic mass is 16.5. The smallest absolute Gasteiger partial charge is 0.254 e. The molecule has 0 saturated carbocycles. The van der Waals surface area contributed by atoms with Crippen LogP contribution in [0.2, 0.25) is 0 Å². The summed E-state index contributed by atoms with van der Waals surface area (Å²) in [5, 5.41) is 2.99. The summed E-state index contributed by atoms with van der Waals surface area (Å²) in [6.07, 6.45) is 1.69. The van der Waals surface area contributed by atoms with Gasteiger partial charge in [-0.1, -0.05) is 24.3 Å². The Bertz CT molecular complexity index is 1180. The highest BCUT2D eigenvalue weighted by Gasteiger charge is 2.42. The molecule has 1 saturated heterocycles. The molecule has 2 atom stereocenters. The molecule has 2 heterocycles. The largest absolute Gasteiger partial charge is 0.497 e. The molecule has 2 aromatic carbocycles. The van der Waals surface area contributed by atoms with Crippen LogP contribution in [0.1, 0.15) is 27.5 Å². The number of nitrogens with one attached hydrogen (secondary N) is 1. The topological polar surface area (TPSA) is 90.0 Å². The molecule has 1 fully saturated rings. The lowest BCUT2D eigenvalue weighted by Gasteiger charge is -2.21. The Morgan fingerprint density at radius 3 is 2.51 bits per heavy atom. The number of benzene rings is 2. The highest BCUT2D eigenvalue weighted by molar-refractivity contribution is 5.95. The van der Waals surface area contributed by atoms with Gasteiger partial charge in [-0.15, -0.1) is 0 Å². The summed E-state index contributed by atoms with van der Waals surface area (Å²) in [4.78, 5) is 32.8. The van der Waals surface area contributed by atoms with E-state index in [1.807, 2.05) is 36.4 Å². The third-order valence-corrected chi connectivity index (χ3v) is 6.26. The van der Waals surface area contributed by atoms with Crippen molar-refractivity contribution in [2.75, 3.05) is 34.4 Å². The number of methoxy groups -OCH3 is 3. The van der Waals surface area contributed by atoms with E-state index in [1.54, 1.807) is 56.7 Å². The lowest BCUT2D eigenvalue weighted by molar-refractivity contribution is -0.125. The summed E-state index contributed by atoms with van der Waals surface area (Å²) in [5.74, 6) is 0.689. The molecule has 8 nitrogen and oxygen atoms in total. The molecule has 1 N–H and O–H groups in total. The van der Waals surface area contributed by atoms with Crippen LogP contribution in [0.5, 0.6) is 17.2 Å². The lowest BCUT2D eigenvalue weighted by Crippen LogP contribution is -2.35. The van der Waals surface area contributed by atoms with Gasteiger partial charge in [0.05, 0.1) is 39.5 Å². The van der Waals surface area contributed by atoms with E-state index < -0.39 is 5.92 Å². The number of para-hydroxylation sites is 1. The number of aromatic nitrogens is 1. The summed E-state index contributed by atoms with van der Waals surface area (Å²) < 4.78 is 16.4. The Kier molecular flexibility index (Phi) is 7.50.